The van der Waals surface area contributed by atoms with Crippen molar-refractivity contribution in [2.24, 2.45) is 0 Å². The molecule has 0 N–H and O–H groups in total. The number of hydrogen-bond acceptors (Lipinski definition) is 7. The second-order valence-corrected chi connectivity index (χ2v) is 6.68. The minimum absolute atomic E-state index is 0.216. The topological polar surface area (TPSA) is 76.6 Å². The molecule has 3 aromatic rings. The van der Waals surface area contributed by atoms with Crippen LogP contribution in [0.1, 0.15) is 30.4 Å². The van der Waals surface area contributed by atoms with Gasteiger partial charge in [-0.15, -0.1) is 11.3 Å². The fraction of sp³-hybridized carbons (Fsp3) is 0. The number of thiazole rings is 1. The molecule has 1 aliphatic rings. The molecule has 24 heavy (non-hydrogen) atoms. The maximum atomic E-state index is 12.2. The van der Waals surface area contributed by atoms with Gasteiger partial charge >= 0.3 is 5.97 Å². The van der Waals surface area contributed by atoms with Gasteiger partial charge in [-0.25, -0.2) is 9.78 Å². The maximum absolute atomic E-state index is 12.2. The second kappa shape index (κ2) is 5.66. The number of nitrogens with zero attached hydrogens (tertiary/aromatic N) is 2. The smallest absolute Gasteiger partial charge is 0.323 e. The zero-order valence-electron chi connectivity index (χ0n) is 12.0. The van der Waals surface area contributed by atoms with Crippen LogP contribution in [0.2, 0.25) is 0 Å². The van der Waals surface area contributed by atoms with Crippen LogP contribution >= 0.6 is 22.7 Å². The summed E-state index contributed by atoms with van der Waals surface area (Å²) in [6.07, 6.45) is 1.37. The summed E-state index contributed by atoms with van der Waals surface area (Å²) in [5.74, 6) is -2.08. The fourth-order valence-corrected chi connectivity index (χ4v) is 3.77. The number of carbonyl (C=O) groups excluding carboxylic acids is 3. The minimum atomic E-state index is -0.788. The molecular weight excluding hydrogens is 348 g/mol. The standard InChI is InChI=1S/C16H8N2O4S2/c19-14-10-3-1-2-4-11(10)15(20)18(14)22-16(21)12-7-17-13(24-12)9-5-6-23-8-9/h1-8H. The lowest BCUT2D eigenvalue weighted by molar-refractivity contribution is -0.0581. The summed E-state index contributed by atoms with van der Waals surface area (Å²) in [6.45, 7) is 0. The number of imide groups is 1. The van der Waals surface area contributed by atoms with Crippen molar-refractivity contribution >= 4 is 40.5 Å². The largest absolute Gasteiger partial charge is 0.375 e. The number of hydroxylamine groups is 2. The van der Waals surface area contributed by atoms with Crippen LogP contribution in [0.3, 0.4) is 0 Å². The molecule has 0 atom stereocenters. The monoisotopic (exact) mass is 356 g/mol. The first-order chi connectivity index (χ1) is 11.6. The quantitative estimate of drug-likeness (QED) is 0.673. The SMILES string of the molecule is O=C(ON1C(=O)c2ccccc2C1=O)c1cnc(-c2ccsc2)s1. The van der Waals surface area contributed by atoms with Crippen molar-refractivity contribution in [1.29, 1.82) is 0 Å². The Labute approximate surface area is 143 Å². The van der Waals surface area contributed by atoms with Crippen LogP contribution in [0.25, 0.3) is 10.6 Å². The Balaban J connectivity index is 1.55. The van der Waals surface area contributed by atoms with E-state index in [2.05, 4.69) is 4.98 Å². The molecule has 0 bridgehead atoms. The van der Waals surface area contributed by atoms with Crippen molar-refractivity contribution in [2.75, 3.05) is 0 Å². The van der Waals surface area contributed by atoms with Crippen LogP contribution in [0.5, 0.6) is 0 Å². The van der Waals surface area contributed by atoms with E-state index in [1.54, 1.807) is 12.1 Å². The van der Waals surface area contributed by atoms with Gasteiger partial charge in [0.1, 0.15) is 9.88 Å². The molecule has 0 unspecified atom stereocenters. The Morgan fingerprint density at radius 3 is 2.42 bits per heavy atom. The summed E-state index contributed by atoms with van der Waals surface area (Å²) < 4.78 is 0. The van der Waals surface area contributed by atoms with Crippen molar-refractivity contribution in [3.63, 3.8) is 0 Å². The third kappa shape index (κ3) is 2.32. The van der Waals surface area contributed by atoms with Gasteiger partial charge in [0.2, 0.25) is 0 Å². The number of benzene rings is 1. The van der Waals surface area contributed by atoms with E-state index in [4.69, 9.17) is 4.84 Å². The molecular formula is C16H8N2O4S2. The predicted molar refractivity (Wildman–Crippen MR) is 87.8 cm³/mol. The van der Waals surface area contributed by atoms with Crippen LogP contribution in [-0.2, 0) is 4.84 Å². The molecule has 0 saturated carbocycles. The Morgan fingerprint density at radius 1 is 1.08 bits per heavy atom. The van der Waals surface area contributed by atoms with E-state index >= 15 is 0 Å². The number of fused-ring (bicyclic) bond motifs is 1. The lowest BCUT2D eigenvalue weighted by atomic mass is 10.1. The maximum Gasteiger partial charge on any atom is 0.375 e. The summed E-state index contributed by atoms with van der Waals surface area (Å²) in [6, 6.07) is 8.22. The van der Waals surface area contributed by atoms with Crippen LogP contribution in [0.15, 0.2) is 47.3 Å². The summed E-state index contributed by atoms with van der Waals surface area (Å²) in [7, 11) is 0. The van der Waals surface area contributed by atoms with Crippen molar-refractivity contribution in [1.82, 2.24) is 10.0 Å². The highest BCUT2D eigenvalue weighted by Crippen LogP contribution is 2.28. The number of hydrogen-bond donors (Lipinski definition) is 0. The van der Waals surface area contributed by atoms with Crippen LogP contribution in [0, 0.1) is 0 Å². The molecule has 0 spiro atoms. The van der Waals surface area contributed by atoms with Crippen molar-refractivity contribution in [3.8, 4) is 10.6 Å². The van der Waals surface area contributed by atoms with E-state index in [-0.39, 0.29) is 16.0 Å². The highest BCUT2D eigenvalue weighted by atomic mass is 32.1. The Morgan fingerprint density at radius 2 is 1.79 bits per heavy atom. The molecule has 1 aliphatic heterocycles. The summed E-state index contributed by atoms with van der Waals surface area (Å²) in [5.41, 5.74) is 1.35. The second-order valence-electron chi connectivity index (χ2n) is 4.87. The van der Waals surface area contributed by atoms with Crippen LogP contribution < -0.4 is 0 Å². The van der Waals surface area contributed by atoms with Gasteiger partial charge in [-0.3, -0.25) is 9.59 Å². The van der Waals surface area contributed by atoms with E-state index in [0.717, 1.165) is 16.9 Å². The number of carbonyl (C=O) groups is 3. The van der Waals surface area contributed by atoms with E-state index in [1.165, 1.54) is 29.7 Å². The molecule has 3 heterocycles. The lowest BCUT2D eigenvalue weighted by Crippen LogP contribution is -2.32. The highest BCUT2D eigenvalue weighted by Gasteiger charge is 2.39. The van der Waals surface area contributed by atoms with Crippen LogP contribution in [-0.4, -0.2) is 27.8 Å². The molecule has 8 heteroatoms. The van der Waals surface area contributed by atoms with Gasteiger partial charge in [0.25, 0.3) is 11.8 Å². The highest BCUT2D eigenvalue weighted by molar-refractivity contribution is 7.17. The Hall–Kier alpha value is -2.84. The fourth-order valence-electron chi connectivity index (χ4n) is 2.27. The first-order valence-corrected chi connectivity index (χ1v) is 8.59. The van der Waals surface area contributed by atoms with Crippen molar-refractivity contribution in [2.45, 2.75) is 0 Å². The molecule has 0 saturated heterocycles. The van der Waals surface area contributed by atoms with E-state index in [9.17, 15) is 14.4 Å². The number of aromatic nitrogens is 1. The Kier molecular flexibility index (Phi) is 3.47. The van der Waals surface area contributed by atoms with Gasteiger partial charge in [0.05, 0.1) is 17.3 Å². The van der Waals surface area contributed by atoms with Crippen molar-refractivity contribution < 1.29 is 19.2 Å². The van der Waals surface area contributed by atoms with E-state index in [0.29, 0.717) is 10.1 Å². The van der Waals surface area contributed by atoms with E-state index < -0.39 is 17.8 Å². The lowest BCUT2D eigenvalue weighted by Gasteiger charge is -2.11. The summed E-state index contributed by atoms with van der Waals surface area (Å²) >= 11 is 2.66. The van der Waals surface area contributed by atoms with Gasteiger partial charge in [-0.2, -0.15) is 11.3 Å². The molecule has 0 radical (unpaired) electrons. The zero-order chi connectivity index (χ0) is 16.7. The van der Waals surface area contributed by atoms with Crippen LogP contribution in [0.4, 0.5) is 0 Å². The van der Waals surface area contributed by atoms with Gasteiger partial charge in [0.15, 0.2) is 0 Å². The molecule has 4 rings (SSSR count). The summed E-state index contributed by atoms with van der Waals surface area (Å²) in [4.78, 5) is 46.0. The predicted octanol–water partition coefficient (Wildman–Crippen LogP) is 3.24. The van der Waals surface area contributed by atoms with Gasteiger partial charge in [0, 0.05) is 10.9 Å². The Bertz CT molecular complexity index is 927. The summed E-state index contributed by atoms with van der Waals surface area (Å²) in [5, 5.41) is 4.99. The van der Waals surface area contributed by atoms with E-state index in [1.807, 2.05) is 16.8 Å². The normalized spacial score (nSPS) is 13.2. The third-order valence-corrected chi connectivity index (χ3v) is 5.12. The van der Waals surface area contributed by atoms with Gasteiger partial charge < -0.3 is 4.84 Å². The average Bonchev–Trinajstić information content (AvgIpc) is 3.32. The number of amides is 2. The zero-order valence-corrected chi connectivity index (χ0v) is 13.6. The molecule has 0 fully saturated rings. The average molecular weight is 356 g/mol. The first-order valence-electron chi connectivity index (χ1n) is 6.83. The van der Waals surface area contributed by atoms with Crippen molar-refractivity contribution in [3.05, 3.63) is 63.3 Å². The minimum Gasteiger partial charge on any atom is -0.323 e. The molecule has 2 amide bonds. The molecule has 0 aliphatic carbocycles. The number of rotatable bonds is 3. The molecule has 118 valence electrons. The third-order valence-electron chi connectivity index (χ3n) is 3.41. The van der Waals surface area contributed by atoms with Gasteiger partial charge in [-0.05, 0) is 23.6 Å². The number of thiophene rings is 1. The molecule has 6 nitrogen and oxygen atoms in total. The molecule has 2 aromatic heterocycles. The first kappa shape index (κ1) is 14.7. The molecule has 1 aromatic carbocycles. The van der Waals surface area contributed by atoms with Gasteiger partial charge in [-0.1, -0.05) is 17.2 Å².